The van der Waals surface area contributed by atoms with Crippen LogP contribution in [0.5, 0.6) is 23.0 Å². The van der Waals surface area contributed by atoms with E-state index in [1.807, 2.05) is 48.5 Å². The van der Waals surface area contributed by atoms with Crippen LogP contribution < -0.4 is 29.0 Å². The van der Waals surface area contributed by atoms with E-state index in [1.54, 1.807) is 32.3 Å². The zero-order chi connectivity index (χ0) is 43.4. The van der Waals surface area contributed by atoms with Gasteiger partial charge in [0.2, 0.25) is 11.7 Å². The molecule has 326 valence electrons. The number of ether oxygens (including phenoxy) is 5. The SMILES string of the molecule is C=CC[C@@H](COCc1ccc(OC)cc1)OC(=O)[C@H]1CCCCN1C(=O)[C@H](c1cc(OC)c(OC)c(O[Si](c2ccccc2)(c2ccccc2)C(C)(C)C)c1)C1CCCCC1. The van der Waals surface area contributed by atoms with Crippen LogP contribution in [0.2, 0.25) is 5.04 Å². The summed E-state index contributed by atoms with van der Waals surface area (Å²) in [7, 11) is 1.77. The number of rotatable bonds is 18. The molecule has 1 saturated heterocycles. The van der Waals surface area contributed by atoms with Crippen LogP contribution in [0.15, 0.2) is 110 Å². The van der Waals surface area contributed by atoms with Gasteiger partial charge in [-0.15, -0.1) is 6.58 Å². The van der Waals surface area contributed by atoms with Crippen molar-refractivity contribution in [3.63, 3.8) is 0 Å². The number of carbonyl (C=O) groups is 2. The van der Waals surface area contributed by atoms with Gasteiger partial charge in [-0.25, -0.2) is 4.79 Å². The Morgan fingerprint density at radius 3 is 1.98 bits per heavy atom. The minimum absolute atomic E-state index is 0.0619. The average molecular weight is 848 g/mol. The fraction of sp³-hybridized carbons (Fsp3) is 0.451. The summed E-state index contributed by atoms with van der Waals surface area (Å²) in [6.45, 7) is 11.7. The Hall–Kier alpha value is -5.06. The number of piperidine rings is 1. The first kappa shape index (κ1) is 45.5. The van der Waals surface area contributed by atoms with E-state index in [0.717, 1.165) is 72.2 Å². The molecule has 2 fully saturated rings. The van der Waals surface area contributed by atoms with Crippen molar-refractivity contribution in [1.82, 2.24) is 4.90 Å². The van der Waals surface area contributed by atoms with E-state index in [1.165, 1.54) is 0 Å². The van der Waals surface area contributed by atoms with Crippen LogP contribution >= 0.6 is 0 Å². The zero-order valence-electron chi connectivity index (χ0n) is 37.0. The highest BCUT2D eigenvalue weighted by Crippen LogP contribution is 2.48. The third kappa shape index (κ3) is 10.5. The number of benzene rings is 4. The van der Waals surface area contributed by atoms with Crippen molar-refractivity contribution in [2.75, 3.05) is 34.5 Å². The highest BCUT2D eigenvalue weighted by Gasteiger charge is 2.53. The largest absolute Gasteiger partial charge is 0.531 e. The summed E-state index contributed by atoms with van der Waals surface area (Å²) in [6, 6.07) is 31.9. The Balaban J connectivity index is 1.35. The molecule has 0 unspecified atom stereocenters. The van der Waals surface area contributed by atoms with Crippen LogP contribution in [0, 0.1) is 5.92 Å². The Morgan fingerprint density at radius 2 is 1.41 bits per heavy atom. The van der Waals surface area contributed by atoms with Crippen molar-refractivity contribution < 1.29 is 37.7 Å². The van der Waals surface area contributed by atoms with Crippen molar-refractivity contribution in [2.24, 2.45) is 5.92 Å². The van der Waals surface area contributed by atoms with Gasteiger partial charge in [0, 0.05) is 13.0 Å². The number of hydrogen-bond donors (Lipinski definition) is 0. The molecule has 1 heterocycles. The molecule has 4 aromatic carbocycles. The van der Waals surface area contributed by atoms with Crippen LogP contribution in [-0.4, -0.2) is 71.7 Å². The number of esters is 1. The van der Waals surface area contributed by atoms with Gasteiger partial charge >= 0.3 is 14.3 Å². The van der Waals surface area contributed by atoms with E-state index >= 15 is 4.79 Å². The molecule has 0 aromatic heterocycles. The maximum Gasteiger partial charge on any atom is 0.329 e. The maximum absolute atomic E-state index is 15.4. The first-order valence-corrected chi connectivity index (χ1v) is 23.8. The molecule has 0 radical (unpaired) electrons. The standard InChI is InChI=1S/C51H65NO8Si/c1-8-20-41(36-58-35-37-28-30-40(55-5)31-29-37)59-50(54)44-27-18-19-32-52(44)49(53)47(38-21-12-9-13-22-38)39-33-45(56-6)48(57-7)46(34-39)60-61(51(2,3)4,42-23-14-10-15-24-42)43-25-16-11-17-26-43/h8,10-11,14-17,23-26,28-31,33-34,38,41,44,47H,1,9,12-13,18-22,27,32,35-36H2,2-7H3/t41-,44+,47-/m0/s1. The minimum atomic E-state index is -3.13. The van der Waals surface area contributed by atoms with Gasteiger partial charge in [-0.05, 0) is 88.8 Å². The van der Waals surface area contributed by atoms with Crippen LogP contribution in [0.25, 0.3) is 0 Å². The van der Waals surface area contributed by atoms with Gasteiger partial charge in [0.25, 0.3) is 0 Å². The smallest absolute Gasteiger partial charge is 0.329 e. The van der Waals surface area contributed by atoms with Crippen LogP contribution in [0.3, 0.4) is 0 Å². The fourth-order valence-electron chi connectivity index (χ4n) is 9.33. The van der Waals surface area contributed by atoms with Crippen molar-refractivity contribution in [3.05, 3.63) is 121 Å². The topological polar surface area (TPSA) is 92.8 Å². The summed E-state index contributed by atoms with van der Waals surface area (Å²) >= 11 is 0. The summed E-state index contributed by atoms with van der Waals surface area (Å²) < 4.78 is 37.3. The van der Waals surface area contributed by atoms with Crippen molar-refractivity contribution in [1.29, 1.82) is 0 Å². The van der Waals surface area contributed by atoms with Crippen molar-refractivity contribution in [2.45, 2.75) is 108 Å². The molecule has 10 heteroatoms. The molecule has 6 rings (SSSR count). The molecule has 3 atom stereocenters. The summed E-state index contributed by atoms with van der Waals surface area (Å²) in [4.78, 5) is 31.4. The molecule has 1 amide bonds. The quantitative estimate of drug-likeness (QED) is 0.0556. The Bertz CT molecular complexity index is 1990. The van der Waals surface area contributed by atoms with Crippen LogP contribution in [0.4, 0.5) is 0 Å². The molecule has 0 spiro atoms. The third-order valence-electron chi connectivity index (χ3n) is 12.4. The average Bonchev–Trinajstić information content (AvgIpc) is 3.28. The molecule has 4 aromatic rings. The minimum Gasteiger partial charge on any atom is -0.531 e. The molecule has 0 N–H and O–H groups in total. The van der Waals surface area contributed by atoms with E-state index in [-0.39, 0.29) is 23.5 Å². The van der Waals surface area contributed by atoms with Gasteiger partial charge in [0.05, 0.1) is 40.5 Å². The monoisotopic (exact) mass is 847 g/mol. The molecule has 1 saturated carbocycles. The molecule has 61 heavy (non-hydrogen) atoms. The number of hydrogen-bond acceptors (Lipinski definition) is 8. The van der Waals surface area contributed by atoms with Gasteiger partial charge < -0.3 is 33.0 Å². The molecule has 1 aliphatic carbocycles. The highest BCUT2D eigenvalue weighted by molar-refractivity contribution is 7.00. The number of nitrogens with zero attached hydrogens (tertiary/aromatic N) is 1. The summed E-state index contributed by atoms with van der Waals surface area (Å²) in [5, 5.41) is 1.92. The first-order valence-electron chi connectivity index (χ1n) is 21.9. The number of amides is 1. The molecular formula is C51H65NO8Si. The van der Waals surface area contributed by atoms with E-state index in [9.17, 15) is 4.79 Å². The second kappa shape index (κ2) is 21.1. The van der Waals surface area contributed by atoms with Crippen LogP contribution in [-0.2, 0) is 25.7 Å². The molecule has 1 aliphatic heterocycles. The number of methoxy groups -OCH3 is 3. The summed E-state index contributed by atoms with van der Waals surface area (Å²) in [5.41, 5.74) is 1.79. The van der Waals surface area contributed by atoms with Gasteiger partial charge in [-0.1, -0.05) is 119 Å². The predicted octanol–water partition coefficient (Wildman–Crippen LogP) is 9.40. The molecule has 2 aliphatic rings. The molecular weight excluding hydrogens is 783 g/mol. The van der Waals surface area contributed by atoms with Crippen molar-refractivity contribution in [3.8, 4) is 23.0 Å². The lowest BCUT2D eigenvalue weighted by atomic mass is 9.75. The fourth-order valence-corrected chi connectivity index (χ4v) is 13.7. The predicted molar refractivity (Wildman–Crippen MR) is 244 cm³/mol. The lowest BCUT2D eigenvalue weighted by Crippen LogP contribution is -2.68. The first-order chi connectivity index (χ1) is 29.5. The van der Waals surface area contributed by atoms with E-state index in [0.29, 0.717) is 43.2 Å². The third-order valence-corrected chi connectivity index (χ3v) is 17.3. The molecule has 0 bridgehead atoms. The van der Waals surface area contributed by atoms with Crippen molar-refractivity contribution >= 4 is 30.6 Å². The zero-order valence-corrected chi connectivity index (χ0v) is 38.0. The van der Waals surface area contributed by atoms with Crippen LogP contribution in [0.1, 0.15) is 95.6 Å². The van der Waals surface area contributed by atoms with E-state index < -0.39 is 32.4 Å². The van der Waals surface area contributed by atoms with Gasteiger partial charge in [0.1, 0.15) is 17.9 Å². The number of carbonyl (C=O) groups excluding carboxylic acids is 2. The normalized spacial score (nSPS) is 17.1. The summed E-state index contributed by atoms with van der Waals surface area (Å²) in [6.07, 6.45) is 8.82. The van der Waals surface area contributed by atoms with Gasteiger partial charge in [-0.2, -0.15) is 0 Å². The lowest BCUT2D eigenvalue weighted by Gasteiger charge is -2.43. The highest BCUT2D eigenvalue weighted by atomic mass is 28.4. The van der Waals surface area contributed by atoms with Gasteiger partial charge in [0.15, 0.2) is 11.5 Å². The second-order valence-electron chi connectivity index (χ2n) is 17.4. The van der Waals surface area contributed by atoms with E-state index in [2.05, 4.69) is 75.9 Å². The Labute approximate surface area is 364 Å². The Kier molecular flexibility index (Phi) is 15.8. The van der Waals surface area contributed by atoms with Gasteiger partial charge in [-0.3, -0.25) is 4.79 Å². The summed E-state index contributed by atoms with van der Waals surface area (Å²) in [5.74, 6) is 1.36. The van der Waals surface area contributed by atoms with E-state index in [4.69, 9.17) is 28.1 Å². The lowest BCUT2D eigenvalue weighted by molar-refractivity contribution is -0.164. The number of likely N-dealkylation sites (tertiary alicyclic amines) is 1. The second-order valence-corrected chi connectivity index (χ2v) is 21.6. The maximum atomic E-state index is 15.4. The Morgan fingerprint density at radius 1 is 0.787 bits per heavy atom. The molecule has 9 nitrogen and oxygen atoms in total.